The number of nitro groups is 1. The molecule has 6 N–H and O–H groups in total. The second kappa shape index (κ2) is 5.69. The van der Waals surface area contributed by atoms with Crippen molar-refractivity contribution >= 4 is 39.0 Å². The van der Waals surface area contributed by atoms with Gasteiger partial charge in [0.05, 0.1) is 6.42 Å². The first-order chi connectivity index (χ1) is 11.0. The van der Waals surface area contributed by atoms with E-state index in [1.54, 1.807) is 5.38 Å². The number of hydrogen-bond donors (Lipinski definition) is 3. The average molecular weight is 330 g/mol. The van der Waals surface area contributed by atoms with Gasteiger partial charge in [0.25, 0.3) is 0 Å². The zero-order valence-electron chi connectivity index (χ0n) is 12.0. The molecule has 8 nitrogen and oxygen atoms in total. The van der Waals surface area contributed by atoms with E-state index in [1.807, 2.05) is 24.3 Å². The molecule has 0 fully saturated rings. The van der Waals surface area contributed by atoms with Gasteiger partial charge in [-0.3, -0.25) is 10.1 Å². The molecule has 0 aliphatic heterocycles. The molecule has 1 aromatic carbocycles. The lowest BCUT2D eigenvalue weighted by Gasteiger charge is -2.12. The smallest absolute Gasteiger partial charge is 0.243 e. The summed E-state index contributed by atoms with van der Waals surface area (Å²) < 4.78 is 0.990. The molecule has 0 aliphatic rings. The maximum Gasteiger partial charge on any atom is 0.243 e. The normalized spacial score (nSPS) is 12.3. The second-order valence-electron chi connectivity index (χ2n) is 5.02. The third-order valence-electron chi connectivity index (χ3n) is 3.61. The van der Waals surface area contributed by atoms with Gasteiger partial charge in [-0.2, -0.15) is 9.97 Å². The fraction of sp³-hybridized carbons (Fsp3) is 0.143. The summed E-state index contributed by atoms with van der Waals surface area (Å²) in [7, 11) is 0. The molecule has 3 aromatic rings. The van der Waals surface area contributed by atoms with E-state index in [0.29, 0.717) is 11.1 Å². The molecule has 2 heterocycles. The largest absolute Gasteiger partial charge is 0.383 e. The number of anilines is 3. The van der Waals surface area contributed by atoms with Gasteiger partial charge in [0, 0.05) is 31.5 Å². The van der Waals surface area contributed by atoms with E-state index in [0.717, 1.165) is 10.1 Å². The van der Waals surface area contributed by atoms with Crippen LogP contribution in [0.5, 0.6) is 0 Å². The Balaban J connectivity index is 2.06. The highest BCUT2D eigenvalue weighted by Crippen LogP contribution is 2.35. The number of nitrogen functional groups attached to an aromatic ring is 3. The molecule has 23 heavy (non-hydrogen) atoms. The Bertz CT molecular complexity index is 871. The average Bonchev–Trinajstić information content (AvgIpc) is 2.90. The first kappa shape index (κ1) is 15.0. The fourth-order valence-electron chi connectivity index (χ4n) is 2.49. The van der Waals surface area contributed by atoms with Crippen molar-refractivity contribution in [3.05, 3.63) is 50.9 Å². The molecule has 3 rings (SSSR count). The Kier molecular flexibility index (Phi) is 3.70. The topological polar surface area (TPSA) is 147 Å². The minimum atomic E-state index is -0.983. The number of nitrogens with two attached hydrogens (primary N) is 3. The molecule has 0 unspecified atom stereocenters. The van der Waals surface area contributed by atoms with Crippen LogP contribution in [-0.4, -0.2) is 14.9 Å². The Morgan fingerprint density at radius 1 is 1.17 bits per heavy atom. The number of rotatable bonds is 4. The molecule has 118 valence electrons. The van der Waals surface area contributed by atoms with Crippen LogP contribution in [0.2, 0.25) is 0 Å². The second-order valence-corrected chi connectivity index (χ2v) is 5.93. The van der Waals surface area contributed by atoms with Gasteiger partial charge in [-0.1, -0.05) is 18.2 Å². The number of thiophene rings is 1. The summed E-state index contributed by atoms with van der Waals surface area (Å²) in [6.07, 6.45) is 0.00563. The summed E-state index contributed by atoms with van der Waals surface area (Å²) in [4.78, 5) is 18.9. The first-order valence-electron chi connectivity index (χ1n) is 6.74. The van der Waals surface area contributed by atoms with Crippen LogP contribution in [0.25, 0.3) is 10.1 Å². The maximum atomic E-state index is 11.6. The SMILES string of the molecule is Nc1nc(N)c(C[C@@H](c2csc3ccccc23)[N+](=O)[O-])c(N)n1. The lowest BCUT2D eigenvalue weighted by Crippen LogP contribution is -2.17. The molecule has 2 aromatic heterocycles. The third-order valence-corrected chi connectivity index (χ3v) is 4.59. The predicted octanol–water partition coefficient (Wildman–Crippen LogP) is 2.00. The van der Waals surface area contributed by atoms with Crippen molar-refractivity contribution in [3.63, 3.8) is 0 Å². The van der Waals surface area contributed by atoms with Crippen LogP contribution in [-0.2, 0) is 6.42 Å². The molecular formula is C14H14N6O2S. The number of benzene rings is 1. The Morgan fingerprint density at radius 2 is 1.83 bits per heavy atom. The fourth-order valence-corrected chi connectivity index (χ4v) is 3.50. The van der Waals surface area contributed by atoms with Gasteiger partial charge in [-0.25, -0.2) is 0 Å². The zero-order valence-corrected chi connectivity index (χ0v) is 12.8. The van der Waals surface area contributed by atoms with Gasteiger partial charge in [0.2, 0.25) is 12.0 Å². The van der Waals surface area contributed by atoms with E-state index < -0.39 is 6.04 Å². The molecular weight excluding hydrogens is 316 g/mol. The lowest BCUT2D eigenvalue weighted by atomic mass is 9.99. The quantitative estimate of drug-likeness (QED) is 0.489. The number of nitrogens with zero attached hydrogens (tertiary/aromatic N) is 3. The van der Waals surface area contributed by atoms with Crippen molar-refractivity contribution in [2.24, 2.45) is 0 Å². The van der Waals surface area contributed by atoms with Crippen LogP contribution in [0.4, 0.5) is 17.6 Å². The minimum absolute atomic E-state index is 0.00563. The van der Waals surface area contributed by atoms with E-state index in [9.17, 15) is 10.1 Å². The van der Waals surface area contributed by atoms with Gasteiger partial charge in [0.15, 0.2) is 0 Å². The first-order valence-corrected chi connectivity index (χ1v) is 7.62. The zero-order chi connectivity index (χ0) is 16.6. The van der Waals surface area contributed by atoms with Crippen molar-refractivity contribution in [2.45, 2.75) is 12.5 Å². The molecule has 0 saturated carbocycles. The summed E-state index contributed by atoms with van der Waals surface area (Å²) in [6, 6.07) is 6.56. The highest BCUT2D eigenvalue weighted by Gasteiger charge is 2.29. The third kappa shape index (κ3) is 2.73. The summed E-state index contributed by atoms with van der Waals surface area (Å²) in [6.45, 7) is 0. The highest BCUT2D eigenvalue weighted by molar-refractivity contribution is 7.17. The lowest BCUT2D eigenvalue weighted by molar-refractivity contribution is -0.528. The van der Waals surface area contributed by atoms with E-state index in [1.165, 1.54) is 11.3 Å². The molecule has 0 spiro atoms. The Labute approximate surface area is 135 Å². The number of hydrogen-bond acceptors (Lipinski definition) is 8. The molecule has 0 bridgehead atoms. The predicted molar refractivity (Wildman–Crippen MR) is 90.5 cm³/mol. The maximum absolute atomic E-state index is 11.6. The van der Waals surface area contributed by atoms with E-state index in [-0.39, 0.29) is 28.9 Å². The molecule has 0 aliphatic carbocycles. The Hall–Kier alpha value is -2.94. The summed E-state index contributed by atoms with van der Waals surface area (Å²) in [5.74, 6) is 0.0881. The Morgan fingerprint density at radius 3 is 2.48 bits per heavy atom. The van der Waals surface area contributed by atoms with Crippen LogP contribution in [0, 0.1) is 10.1 Å². The van der Waals surface area contributed by atoms with Crippen molar-refractivity contribution in [2.75, 3.05) is 17.2 Å². The van der Waals surface area contributed by atoms with Gasteiger partial charge < -0.3 is 17.2 Å². The van der Waals surface area contributed by atoms with E-state index in [2.05, 4.69) is 9.97 Å². The van der Waals surface area contributed by atoms with E-state index >= 15 is 0 Å². The van der Waals surface area contributed by atoms with Crippen molar-refractivity contribution in [1.82, 2.24) is 9.97 Å². The molecule has 0 radical (unpaired) electrons. The van der Waals surface area contributed by atoms with Gasteiger partial charge in [-0.05, 0) is 6.07 Å². The summed E-state index contributed by atoms with van der Waals surface area (Å²) >= 11 is 1.46. The van der Waals surface area contributed by atoms with Gasteiger partial charge in [0.1, 0.15) is 11.6 Å². The van der Waals surface area contributed by atoms with Crippen molar-refractivity contribution < 1.29 is 4.92 Å². The van der Waals surface area contributed by atoms with Crippen molar-refractivity contribution in [1.29, 1.82) is 0 Å². The standard InChI is InChI=1S/C14H14N6O2S/c15-12-8(13(16)19-14(17)18-12)5-10(20(21)22)9-6-23-11-4-2-1-3-7(9)11/h1-4,6,10H,5H2,(H6,15,16,17,18,19)/t10-/m0/s1. The van der Waals surface area contributed by atoms with Crippen LogP contribution >= 0.6 is 11.3 Å². The van der Waals surface area contributed by atoms with Crippen LogP contribution in [0.15, 0.2) is 29.6 Å². The summed E-state index contributed by atoms with van der Waals surface area (Å²) in [5.41, 5.74) is 18.1. The molecule has 0 saturated heterocycles. The summed E-state index contributed by atoms with van der Waals surface area (Å²) in [5, 5.41) is 14.2. The minimum Gasteiger partial charge on any atom is -0.383 e. The monoisotopic (exact) mass is 330 g/mol. The van der Waals surface area contributed by atoms with E-state index in [4.69, 9.17) is 17.2 Å². The van der Waals surface area contributed by atoms with Crippen LogP contribution in [0.3, 0.4) is 0 Å². The highest BCUT2D eigenvalue weighted by atomic mass is 32.1. The molecule has 0 amide bonds. The number of aromatic nitrogens is 2. The van der Waals surface area contributed by atoms with Gasteiger partial charge >= 0.3 is 0 Å². The number of fused-ring (bicyclic) bond motifs is 1. The molecule has 1 atom stereocenters. The van der Waals surface area contributed by atoms with Crippen molar-refractivity contribution in [3.8, 4) is 0 Å². The van der Waals surface area contributed by atoms with Gasteiger partial charge in [-0.15, -0.1) is 11.3 Å². The molecule has 9 heteroatoms. The van der Waals surface area contributed by atoms with Crippen LogP contribution < -0.4 is 17.2 Å². The van der Waals surface area contributed by atoms with Crippen LogP contribution in [0.1, 0.15) is 17.2 Å².